The molecule has 0 radical (unpaired) electrons. The van der Waals surface area contributed by atoms with Crippen molar-refractivity contribution in [2.75, 3.05) is 20.2 Å². The van der Waals surface area contributed by atoms with Crippen LogP contribution in [0.1, 0.15) is 51.2 Å². The van der Waals surface area contributed by atoms with Crippen molar-refractivity contribution < 1.29 is 4.74 Å². The smallest absolute Gasteiger partial charge is 0.0713 e. The van der Waals surface area contributed by atoms with Crippen molar-refractivity contribution in [3.05, 3.63) is 59.7 Å². The highest BCUT2D eigenvalue weighted by Crippen LogP contribution is 2.49. The van der Waals surface area contributed by atoms with E-state index < -0.39 is 0 Å². The van der Waals surface area contributed by atoms with Gasteiger partial charge in [0.1, 0.15) is 0 Å². The van der Waals surface area contributed by atoms with Crippen molar-refractivity contribution in [2.45, 2.75) is 53.2 Å². The molecule has 0 aliphatic carbocycles. The van der Waals surface area contributed by atoms with Gasteiger partial charge in [0.25, 0.3) is 0 Å². The Morgan fingerprint density at radius 3 is 2.28 bits per heavy atom. The number of methoxy groups -OCH3 is 1. The summed E-state index contributed by atoms with van der Waals surface area (Å²) in [6.45, 7) is 10.6. The third-order valence-corrected chi connectivity index (χ3v) is 6.75. The summed E-state index contributed by atoms with van der Waals surface area (Å²) in [7, 11) is 1.73. The van der Waals surface area contributed by atoms with Crippen LogP contribution in [0.3, 0.4) is 0 Å². The van der Waals surface area contributed by atoms with E-state index in [1.165, 1.54) is 22.3 Å². The van der Waals surface area contributed by atoms with Crippen molar-refractivity contribution >= 4 is 0 Å². The Labute approximate surface area is 176 Å². The van der Waals surface area contributed by atoms with Gasteiger partial charge in [0, 0.05) is 20.1 Å². The average Bonchev–Trinajstić information content (AvgIpc) is 2.70. The fraction of sp³-hybridized carbons (Fsp3) is 0.500. The van der Waals surface area contributed by atoms with Crippen LogP contribution in [0.2, 0.25) is 0 Å². The molecule has 2 aromatic rings. The Morgan fingerprint density at radius 1 is 1.00 bits per heavy atom. The van der Waals surface area contributed by atoms with Gasteiger partial charge in [-0.15, -0.1) is 0 Å². The highest BCUT2D eigenvalue weighted by Gasteiger charge is 2.43. The molecular formula is C26H34N2O. The van der Waals surface area contributed by atoms with Gasteiger partial charge in [0.15, 0.2) is 0 Å². The van der Waals surface area contributed by atoms with Gasteiger partial charge in [0.2, 0.25) is 0 Å². The summed E-state index contributed by atoms with van der Waals surface area (Å²) >= 11 is 0. The summed E-state index contributed by atoms with van der Waals surface area (Å²) in [5.41, 5.74) is 5.34. The van der Waals surface area contributed by atoms with Crippen LogP contribution in [0.4, 0.5) is 0 Å². The lowest BCUT2D eigenvalue weighted by Crippen LogP contribution is -2.46. The topological polar surface area (TPSA) is 36.3 Å². The highest BCUT2D eigenvalue weighted by atomic mass is 16.5. The Morgan fingerprint density at radius 2 is 1.69 bits per heavy atom. The third kappa shape index (κ3) is 5.07. The lowest BCUT2D eigenvalue weighted by Gasteiger charge is -2.49. The molecule has 0 N–H and O–H groups in total. The van der Waals surface area contributed by atoms with Gasteiger partial charge in [-0.25, -0.2) is 0 Å². The SMILES string of the molecule is COCc1cccc(-c2ccc(CN3CCC(CC#N)(C(C)(C)C)CC3)cc2)c1. The van der Waals surface area contributed by atoms with Crippen LogP contribution in [0, 0.1) is 22.2 Å². The fourth-order valence-electron chi connectivity index (χ4n) is 4.55. The zero-order valence-electron chi connectivity index (χ0n) is 18.4. The zero-order chi connectivity index (χ0) is 20.9. The summed E-state index contributed by atoms with van der Waals surface area (Å²) < 4.78 is 5.25. The molecule has 3 heteroatoms. The molecule has 0 bridgehead atoms. The summed E-state index contributed by atoms with van der Waals surface area (Å²) in [4.78, 5) is 2.54. The standard InChI is InChI=1S/C26H34N2O/c1-25(2,3)26(12-15-27)13-16-28(17-14-26)19-21-8-10-23(11-9-21)24-7-5-6-22(18-24)20-29-4/h5-11,18H,12-14,16-17,19-20H2,1-4H3. The number of hydrogen-bond acceptors (Lipinski definition) is 3. The normalized spacial score (nSPS) is 17.1. The predicted molar refractivity (Wildman–Crippen MR) is 119 cm³/mol. The minimum atomic E-state index is 0.148. The summed E-state index contributed by atoms with van der Waals surface area (Å²) in [5, 5.41) is 9.34. The molecule has 2 aromatic carbocycles. The Bertz CT molecular complexity index is 834. The zero-order valence-corrected chi connectivity index (χ0v) is 18.4. The van der Waals surface area contributed by atoms with E-state index in [-0.39, 0.29) is 10.8 Å². The Balaban J connectivity index is 1.63. The number of ether oxygens (including phenoxy) is 1. The number of nitriles is 1. The molecule has 3 nitrogen and oxygen atoms in total. The summed E-state index contributed by atoms with van der Waals surface area (Å²) in [6, 6.07) is 19.9. The molecular weight excluding hydrogens is 356 g/mol. The van der Waals surface area contributed by atoms with Gasteiger partial charge >= 0.3 is 0 Å². The minimum absolute atomic E-state index is 0.148. The molecule has 154 valence electrons. The number of hydrogen-bond donors (Lipinski definition) is 0. The van der Waals surface area contributed by atoms with E-state index >= 15 is 0 Å². The molecule has 0 spiro atoms. The van der Waals surface area contributed by atoms with Gasteiger partial charge in [-0.1, -0.05) is 63.2 Å². The summed E-state index contributed by atoms with van der Waals surface area (Å²) in [6.07, 6.45) is 2.88. The number of rotatable bonds is 6. The Hall–Kier alpha value is -2.15. The molecule has 1 heterocycles. The number of benzene rings is 2. The third-order valence-electron chi connectivity index (χ3n) is 6.75. The first kappa shape index (κ1) is 21.6. The van der Waals surface area contributed by atoms with Crippen LogP contribution in [0.5, 0.6) is 0 Å². The molecule has 0 unspecified atom stereocenters. The van der Waals surface area contributed by atoms with Gasteiger partial charge in [-0.3, -0.25) is 4.90 Å². The molecule has 1 aliphatic heterocycles. The van der Waals surface area contributed by atoms with Gasteiger partial charge in [-0.2, -0.15) is 5.26 Å². The maximum atomic E-state index is 9.34. The first-order valence-electron chi connectivity index (χ1n) is 10.6. The van der Waals surface area contributed by atoms with Gasteiger partial charge < -0.3 is 4.74 Å². The molecule has 0 amide bonds. The monoisotopic (exact) mass is 390 g/mol. The minimum Gasteiger partial charge on any atom is -0.380 e. The van der Waals surface area contributed by atoms with Crippen LogP contribution in [0.15, 0.2) is 48.5 Å². The van der Waals surface area contributed by atoms with Crippen molar-refractivity contribution in [2.24, 2.45) is 10.8 Å². The second-order valence-corrected chi connectivity index (χ2v) is 9.47. The van der Waals surface area contributed by atoms with Crippen LogP contribution in [0.25, 0.3) is 11.1 Å². The number of likely N-dealkylation sites (tertiary alicyclic amines) is 1. The van der Waals surface area contributed by atoms with E-state index in [1.807, 2.05) is 0 Å². The van der Waals surface area contributed by atoms with Crippen molar-refractivity contribution in [3.63, 3.8) is 0 Å². The van der Waals surface area contributed by atoms with Crippen LogP contribution < -0.4 is 0 Å². The first-order valence-corrected chi connectivity index (χ1v) is 10.6. The van der Waals surface area contributed by atoms with E-state index in [4.69, 9.17) is 4.74 Å². The van der Waals surface area contributed by atoms with Crippen LogP contribution in [-0.2, 0) is 17.9 Å². The summed E-state index contributed by atoms with van der Waals surface area (Å²) in [5.74, 6) is 0. The molecule has 29 heavy (non-hydrogen) atoms. The number of nitrogens with zero attached hydrogens (tertiary/aromatic N) is 2. The lowest BCUT2D eigenvalue weighted by atomic mass is 9.60. The van der Waals surface area contributed by atoms with Crippen LogP contribution in [-0.4, -0.2) is 25.1 Å². The van der Waals surface area contributed by atoms with Gasteiger partial charge in [0.05, 0.1) is 12.7 Å². The van der Waals surface area contributed by atoms with E-state index in [2.05, 4.69) is 80.3 Å². The molecule has 1 fully saturated rings. The lowest BCUT2D eigenvalue weighted by molar-refractivity contribution is 0.00711. The second kappa shape index (κ2) is 9.11. The van der Waals surface area contributed by atoms with E-state index in [9.17, 15) is 5.26 Å². The van der Waals surface area contributed by atoms with Crippen molar-refractivity contribution in [3.8, 4) is 17.2 Å². The van der Waals surface area contributed by atoms with Crippen LogP contribution >= 0.6 is 0 Å². The quantitative estimate of drug-likeness (QED) is 0.603. The molecule has 1 aliphatic rings. The predicted octanol–water partition coefficient (Wildman–Crippen LogP) is 6.04. The van der Waals surface area contributed by atoms with E-state index in [1.54, 1.807) is 7.11 Å². The first-order chi connectivity index (χ1) is 13.9. The van der Waals surface area contributed by atoms with Crippen molar-refractivity contribution in [1.29, 1.82) is 5.26 Å². The molecule has 0 saturated carbocycles. The fourth-order valence-corrected chi connectivity index (χ4v) is 4.55. The van der Waals surface area contributed by atoms with Crippen molar-refractivity contribution in [1.82, 2.24) is 4.90 Å². The van der Waals surface area contributed by atoms with E-state index in [0.29, 0.717) is 13.0 Å². The maximum absolute atomic E-state index is 9.34. The largest absolute Gasteiger partial charge is 0.380 e. The second-order valence-electron chi connectivity index (χ2n) is 9.47. The maximum Gasteiger partial charge on any atom is 0.0713 e. The molecule has 0 atom stereocenters. The highest BCUT2D eigenvalue weighted by molar-refractivity contribution is 5.64. The Kier molecular flexibility index (Phi) is 6.77. The van der Waals surface area contributed by atoms with Gasteiger partial charge in [-0.05, 0) is 65.1 Å². The number of piperidine rings is 1. The molecule has 0 aromatic heterocycles. The molecule has 1 saturated heterocycles. The van der Waals surface area contributed by atoms with E-state index in [0.717, 1.165) is 32.5 Å². The average molecular weight is 391 g/mol. The molecule has 3 rings (SSSR count).